The van der Waals surface area contributed by atoms with Gasteiger partial charge in [0.05, 0.1) is 4.92 Å². The molecule has 86 valence electrons. The summed E-state index contributed by atoms with van der Waals surface area (Å²) in [5.74, 6) is 0. The molecule has 0 aliphatic heterocycles. The minimum absolute atomic E-state index is 0.101. The molecular formula is C11H9N3O3. The van der Waals surface area contributed by atoms with Crippen LogP contribution in [0.15, 0.2) is 41.3 Å². The third kappa shape index (κ3) is 2.15. The van der Waals surface area contributed by atoms with Crippen molar-refractivity contribution in [2.24, 2.45) is 0 Å². The highest BCUT2D eigenvalue weighted by Gasteiger charge is 2.12. The molecule has 0 spiro atoms. The van der Waals surface area contributed by atoms with Crippen molar-refractivity contribution in [3.63, 3.8) is 0 Å². The third-order valence-corrected chi connectivity index (χ3v) is 2.34. The Kier molecular flexibility index (Phi) is 2.61. The van der Waals surface area contributed by atoms with Gasteiger partial charge in [0, 0.05) is 18.3 Å². The number of nitro groups is 1. The van der Waals surface area contributed by atoms with Crippen LogP contribution in [0, 0.1) is 10.1 Å². The first-order chi connectivity index (χ1) is 8.08. The summed E-state index contributed by atoms with van der Waals surface area (Å²) in [6.45, 7) is 0. The Bertz CT molecular complexity index is 634. The molecular weight excluding hydrogens is 222 g/mol. The first kappa shape index (κ1) is 10.9. The van der Waals surface area contributed by atoms with Crippen molar-refractivity contribution >= 4 is 11.4 Å². The zero-order valence-electron chi connectivity index (χ0n) is 8.71. The van der Waals surface area contributed by atoms with Crippen LogP contribution in [0.1, 0.15) is 0 Å². The summed E-state index contributed by atoms with van der Waals surface area (Å²) < 4.78 is 0. The van der Waals surface area contributed by atoms with Gasteiger partial charge in [-0.1, -0.05) is 6.07 Å². The SMILES string of the molecule is Nc1ccc(-c2cc[nH]c(=O)c2)cc1[N+](=O)[O-]. The Morgan fingerprint density at radius 2 is 1.88 bits per heavy atom. The maximum absolute atomic E-state index is 11.1. The van der Waals surface area contributed by atoms with Crippen LogP contribution in [0.5, 0.6) is 0 Å². The molecule has 0 saturated heterocycles. The number of aromatic nitrogens is 1. The zero-order chi connectivity index (χ0) is 12.4. The molecule has 2 aromatic rings. The molecule has 0 aliphatic carbocycles. The highest BCUT2D eigenvalue weighted by Crippen LogP contribution is 2.27. The number of nitrogen functional groups attached to an aromatic ring is 1. The Balaban J connectivity index is 2.57. The second kappa shape index (κ2) is 4.09. The van der Waals surface area contributed by atoms with Gasteiger partial charge in [0.25, 0.3) is 5.69 Å². The van der Waals surface area contributed by atoms with Crippen LogP contribution in [-0.4, -0.2) is 9.91 Å². The number of anilines is 1. The van der Waals surface area contributed by atoms with E-state index in [0.717, 1.165) is 0 Å². The molecule has 3 N–H and O–H groups in total. The summed E-state index contributed by atoms with van der Waals surface area (Å²) in [6, 6.07) is 7.47. The van der Waals surface area contributed by atoms with E-state index in [-0.39, 0.29) is 16.9 Å². The summed E-state index contributed by atoms with van der Waals surface area (Å²) in [5, 5.41) is 10.7. The number of aromatic amines is 1. The maximum atomic E-state index is 11.1. The highest BCUT2D eigenvalue weighted by atomic mass is 16.6. The van der Waals surface area contributed by atoms with E-state index in [1.54, 1.807) is 12.1 Å². The molecule has 0 unspecified atom stereocenters. The molecule has 1 aromatic carbocycles. The average Bonchev–Trinajstić information content (AvgIpc) is 2.29. The Labute approximate surface area is 95.9 Å². The first-order valence-electron chi connectivity index (χ1n) is 4.81. The van der Waals surface area contributed by atoms with Crippen molar-refractivity contribution in [3.8, 4) is 11.1 Å². The molecule has 2 rings (SSSR count). The fraction of sp³-hybridized carbons (Fsp3) is 0. The number of nitrogens with zero attached hydrogens (tertiary/aromatic N) is 1. The van der Waals surface area contributed by atoms with Gasteiger partial charge in [0.15, 0.2) is 0 Å². The number of hydrogen-bond acceptors (Lipinski definition) is 4. The van der Waals surface area contributed by atoms with E-state index in [4.69, 9.17) is 5.73 Å². The lowest BCUT2D eigenvalue weighted by molar-refractivity contribution is -0.383. The predicted octanol–water partition coefficient (Wildman–Crippen LogP) is 1.53. The minimum Gasteiger partial charge on any atom is -0.393 e. The first-order valence-corrected chi connectivity index (χ1v) is 4.81. The Morgan fingerprint density at radius 1 is 1.18 bits per heavy atom. The van der Waals surface area contributed by atoms with Crippen molar-refractivity contribution in [3.05, 3.63) is 57.0 Å². The van der Waals surface area contributed by atoms with Crippen LogP contribution >= 0.6 is 0 Å². The van der Waals surface area contributed by atoms with Gasteiger partial charge in [-0.25, -0.2) is 0 Å². The largest absolute Gasteiger partial charge is 0.393 e. The average molecular weight is 231 g/mol. The maximum Gasteiger partial charge on any atom is 0.292 e. The van der Waals surface area contributed by atoms with Crippen LogP contribution in [-0.2, 0) is 0 Å². The summed E-state index contributed by atoms with van der Waals surface area (Å²) in [7, 11) is 0. The molecule has 1 aromatic heterocycles. The summed E-state index contributed by atoms with van der Waals surface area (Å²) >= 11 is 0. The number of hydrogen-bond donors (Lipinski definition) is 2. The molecule has 1 heterocycles. The van der Waals surface area contributed by atoms with Crippen molar-refractivity contribution < 1.29 is 4.92 Å². The van der Waals surface area contributed by atoms with Crippen molar-refractivity contribution in [1.29, 1.82) is 0 Å². The normalized spacial score (nSPS) is 10.1. The van der Waals surface area contributed by atoms with Crippen molar-refractivity contribution in [1.82, 2.24) is 4.98 Å². The van der Waals surface area contributed by atoms with Gasteiger partial charge in [0.1, 0.15) is 5.69 Å². The topological polar surface area (TPSA) is 102 Å². The molecule has 17 heavy (non-hydrogen) atoms. The van der Waals surface area contributed by atoms with E-state index in [2.05, 4.69) is 4.98 Å². The van der Waals surface area contributed by atoms with E-state index in [1.165, 1.54) is 24.4 Å². The molecule has 0 atom stereocenters. The smallest absolute Gasteiger partial charge is 0.292 e. The minimum atomic E-state index is -0.550. The van der Waals surface area contributed by atoms with Crippen LogP contribution in [0.25, 0.3) is 11.1 Å². The zero-order valence-corrected chi connectivity index (χ0v) is 8.71. The highest BCUT2D eigenvalue weighted by molar-refractivity contribution is 5.71. The molecule has 6 nitrogen and oxygen atoms in total. The van der Waals surface area contributed by atoms with Crippen LogP contribution < -0.4 is 11.3 Å². The van der Waals surface area contributed by atoms with E-state index < -0.39 is 4.92 Å². The third-order valence-electron chi connectivity index (χ3n) is 2.34. The lowest BCUT2D eigenvalue weighted by Gasteiger charge is -2.02. The van der Waals surface area contributed by atoms with Gasteiger partial charge >= 0.3 is 0 Å². The lowest BCUT2D eigenvalue weighted by atomic mass is 10.1. The number of H-pyrrole nitrogens is 1. The molecule has 0 saturated carbocycles. The number of benzene rings is 1. The van der Waals surface area contributed by atoms with E-state index in [1.807, 2.05) is 0 Å². The molecule has 0 bridgehead atoms. The summed E-state index contributed by atoms with van der Waals surface area (Å²) in [6.07, 6.45) is 1.49. The Morgan fingerprint density at radius 3 is 2.53 bits per heavy atom. The van der Waals surface area contributed by atoms with E-state index in [9.17, 15) is 14.9 Å². The predicted molar refractivity (Wildman–Crippen MR) is 63.6 cm³/mol. The standard InChI is InChI=1S/C11H9N3O3/c12-9-2-1-7(5-10(9)14(16)17)8-3-4-13-11(15)6-8/h1-6H,12H2,(H,13,15). The second-order valence-electron chi connectivity index (χ2n) is 3.47. The van der Waals surface area contributed by atoms with Gasteiger partial charge in [-0.05, 0) is 23.3 Å². The number of rotatable bonds is 2. The molecule has 0 radical (unpaired) electrons. The molecule has 0 amide bonds. The van der Waals surface area contributed by atoms with Crippen LogP contribution in [0.3, 0.4) is 0 Å². The molecule has 0 fully saturated rings. The van der Waals surface area contributed by atoms with Crippen LogP contribution in [0.4, 0.5) is 11.4 Å². The Hall–Kier alpha value is -2.63. The number of nitrogens with one attached hydrogen (secondary N) is 1. The number of nitro benzene ring substituents is 1. The fourth-order valence-electron chi connectivity index (χ4n) is 1.51. The van der Waals surface area contributed by atoms with Gasteiger partial charge in [0.2, 0.25) is 5.56 Å². The van der Waals surface area contributed by atoms with Crippen LogP contribution in [0.2, 0.25) is 0 Å². The van der Waals surface area contributed by atoms with E-state index in [0.29, 0.717) is 11.1 Å². The van der Waals surface area contributed by atoms with Crippen molar-refractivity contribution in [2.75, 3.05) is 5.73 Å². The number of pyridine rings is 1. The molecule has 6 heteroatoms. The van der Waals surface area contributed by atoms with Gasteiger partial charge in [-0.2, -0.15) is 0 Å². The van der Waals surface area contributed by atoms with Gasteiger partial charge < -0.3 is 10.7 Å². The molecule has 0 aliphatic rings. The lowest BCUT2D eigenvalue weighted by Crippen LogP contribution is -2.02. The number of nitrogens with two attached hydrogens (primary N) is 1. The quantitative estimate of drug-likeness (QED) is 0.464. The summed E-state index contributed by atoms with van der Waals surface area (Å²) in [5.41, 5.74) is 6.35. The fourth-order valence-corrected chi connectivity index (χ4v) is 1.51. The van der Waals surface area contributed by atoms with Gasteiger partial charge in [-0.15, -0.1) is 0 Å². The summed E-state index contributed by atoms with van der Waals surface area (Å²) in [4.78, 5) is 23.8. The van der Waals surface area contributed by atoms with Crippen molar-refractivity contribution in [2.45, 2.75) is 0 Å². The van der Waals surface area contributed by atoms with E-state index >= 15 is 0 Å². The second-order valence-corrected chi connectivity index (χ2v) is 3.47. The monoisotopic (exact) mass is 231 g/mol. The van der Waals surface area contributed by atoms with Gasteiger partial charge in [-0.3, -0.25) is 14.9 Å².